The van der Waals surface area contributed by atoms with Crippen molar-refractivity contribution in [2.24, 2.45) is 4.99 Å². The molecule has 2 N–H and O–H groups in total. The smallest absolute Gasteiger partial charge is 0.334 e. The fourth-order valence-electron chi connectivity index (χ4n) is 3.26. The summed E-state index contributed by atoms with van der Waals surface area (Å²) in [4.78, 5) is 29.8. The molecule has 1 aliphatic rings. The Kier molecular flexibility index (Phi) is 7.80. The molecule has 0 saturated heterocycles. The lowest BCUT2D eigenvalue weighted by atomic mass is 10.0. The van der Waals surface area contributed by atoms with E-state index in [1.165, 1.54) is 25.4 Å². The van der Waals surface area contributed by atoms with Crippen molar-refractivity contribution in [3.05, 3.63) is 78.0 Å². The lowest BCUT2D eigenvalue weighted by molar-refractivity contribution is -0.138. The number of ether oxygens (including phenoxy) is 2. The largest absolute Gasteiger partial charge is 0.508 e. The summed E-state index contributed by atoms with van der Waals surface area (Å²) in [6.45, 7) is 3.72. The molecule has 1 unspecified atom stereocenters. The summed E-state index contributed by atoms with van der Waals surface area (Å²) in [5, 5.41) is 12.3. The van der Waals surface area contributed by atoms with Gasteiger partial charge in [-0.1, -0.05) is 24.3 Å². The Bertz CT molecular complexity index is 1040. The summed E-state index contributed by atoms with van der Waals surface area (Å²) in [7, 11) is 1.50. The van der Waals surface area contributed by atoms with Gasteiger partial charge in [0.05, 0.1) is 7.11 Å². The van der Waals surface area contributed by atoms with Gasteiger partial charge in [-0.05, 0) is 54.7 Å². The van der Waals surface area contributed by atoms with Gasteiger partial charge in [0.2, 0.25) is 5.91 Å². The highest BCUT2D eigenvalue weighted by molar-refractivity contribution is 5.97. The molecule has 0 spiro atoms. The molecule has 0 bridgehead atoms. The number of aromatic hydroxyl groups is 1. The van der Waals surface area contributed by atoms with E-state index in [1.54, 1.807) is 36.6 Å². The van der Waals surface area contributed by atoms with E-state index < -0.39 is 12.0 Å². The van der Waals surface area contributed by atoms with Crippen LogP contribution < -0.4 is 14.8 Å². The van der Waals surface area contributed by atoms with Gasteiger partial charge >= 0.3 is 5.97 Å². The maximum atomic E-state index is 13.1. The third kappa shape index (κ3) is 6.07. The van der Waals surface area contributed by atoms with Crippen molar-refractivity contribution >= 4 is 18.1 Å². The molecule has 2 aromatic carbocycles. The van der Waals surface area contributed by atoms with Crippen molar-refractivity contribution in [3.8, 4) is 17.2 Å². The van der Waals surface area contributed by atoms with Gasteiger partial charge in [0, 0.05) is 24.4 Å². The predicted octanol–water partition coefficient (Wildman–Crippen LogP) is 3.51. The zero-order valence-electron chi connectivity index (χ0n) is 17.9. The van der Waals surface area contributed by atoms with Crippen LogP contribution in [0.1, 0.15) is 24.0 Å². The third-order valence-electron chi connectivity index (χ3n) is 4.95. The highest BCUT2D eigenvalue weighted by Crippen LogP contribution is 2.29. The summed E-state index contributed by atoms with van der Waals surface area (Å²) in [5.41, 5.74) is 2.23. The molecule has 0 aliphatic carbocycles. The molecule has 7 nitrogen and oxygen atoms in total. The molecule has 0 fully saturated rings. The Balaban J connectivity index is 1.81. The monoisotopic (exact) mass is 434 g/mol. The van der Waals surface area contributed by atoms with Gasteiger partial charge < -0.3 is 19.9 Å². The third-order valence-corrected chi connectivity index (χ3v) is 4.95. The van der Waals surface area contributed by atoms with Crippen LogP contribution in [0.5, 0.6) is 17.2 Å². The quantitative estimate of drug-likeness (QED) is 0.358. The first kappa shape index (κ1) is 22.8. The number of nitrogens with zero attached hydrogens (tertiary/aromatic N) is 1. The Labute approximate surface area is 187 Å². The van der Waals surface area contributed by atoms with Gasteiger partial charge in [-0.2, -0.15) is 0 Å². The number of phenolic OH excluding ortho intramolecular Hbond substituents is 1. The first-order valence-electron chi connectivity index (χ1n) is 10.3. The van der Waals surface area contributed by atoms with Crippen molar-refractivity contribution < 1.29 is 24.2 Å². The van der Waals surface area contributed by atoms with Crippen molar-refractivity contribution in [1.29, 1.82) is 0 Å². The minimum atomic E-state index is -0.948. The number of amides is 1. The fourth-order valence-corrected chi connectivity index (χ4v) is 3.26. The van der Waals surface area contributed by atoms with Crippen LogP contribution in [-0.4, -0.2) is 36.3 Å². The van der Waals surface area contributed by atoms with E-state index in [0.29, 0.717) is 30.6 Å². The number of hydrogen-bond acceptors (Lipinski definition) is 6. The number of methoxy groups -OCH3 is 1. The molecule has 1 heterocycles. The van der Waals surface area contributed by atoms with Gasteiger partial charge in [0.1, 0.15) is 11.8 Å². The molecule has 7 heteroatoms. The molecule has 1 aliphatic heterocycles. The minimum Gasteiger partial charge on any atom is -0.508 e. The molecule has 0 saturated carbocycles. The number of benzene rings is 2. The van der Waals surface area contributed by atoms with Crippen LogP contribution in [0.2, 0.25) is 0 Å². The summed E-state index contributed by atoms with van der Waals surface area (Å²) in [5.74, 6) is -0.197. The van der Waals surface area contributed by atoms with Crippen molar-refractivity contribution in [1.82, 2.24) is 5.32 Å². The molecular formula is C25H26N2O5. The van der Waals surface area contributed by atoms with Crippen LogP contribution in [-0.2, 0) is 22.4 Å². The molecule has 166 valence electrons. The van der Waals surface area contributed by atoms with Crippen LogP contribution in [0.25, 0.3) is 0 Å². The van der Waals surface area contributed by atoms with Crippen LogP contribution in [0, 0.1) is 0 Å². The maximum Gasteiger partial charge on any atom is 0.334 e. The zero-order chi connectivity index (χ0) is 22.9. The van der Waals surface area contributed by atoms with E-state index >= 15 is 0 Å². The second-order valence-electron chi connectivity index (χ2n) is 7.32. The average Bonchev–Trinajstić information content (AvgIpc) is 2.81. The SMILES string of the molecule is C=CCc1ccc(OC(=O)C(Cc2ccc(O)cc2)NC(=O)C2=CN=CCC2)c(OC)c1. The molecule has 32 heavy (non-hydrogen) atoms. The van der Waals surface area contributed by atoms with Crippen LogP contribution in [0.15, 0.2) is 71.9 Å². The lowest BCUT2D eigenvalue weighted by Crippen LogP contribution is -2.45. The summed E-state index contributed by atoms with van der Waals surface area (Å²) >= 11 is 0. The van der Waals surface area contributed by atoms with Crippen LogP contribution >= 0.6 is 0 Å². The second-order valence-corrected chi connectivity index (χ2v) is 7.32. The number of esters is 1. The zero-order valence-corrected chi connectivity index (χ0v) is 17.9. The summed E-state index contributed by atoms with van der Waals surface area (Å²) in [6.07, 6.45) is 7.08. The van der Waals surface area contributed by atoms with E-state index in [-0.39, 0.29) is 23.8 Å². The van der Waals surface area contributed by atoms with Crippen molar-refractivity contribution in [3.63, 3.8) is 0 Å². The average molecular weight is 434 g/mol. The number of hydrogen-bond donors (Lipinski definition) is 2. The van der Waals surface area contributed by atoms with Gasteiger partial charge in [0.15, 0.2) is 11.5 Å². The van der Waals surface area contributed by atoms with E-state index in [1.807, 2.05) is 6.07 Å². The lowest BCUT2D eigenvalue weighted by Gasteiger charge is -2.20. The van der Waals surface area contributed by atoms with Crippen molar-refractivity contribution in [2.75, 3.05) is 7.11 Å². The molecular weight excluding hydrogens is 408 g/mol. The highest BCUT2D eigenvalue weighted by atomic mass is 16.6. The number of rotatable bonds is 9. The first-order valence-corrected chi connectivity index (χ1v) is 10.3. The second kappa shape index (κ2) is 10.9. The molecule has 1 amide bonds. The van der Waals surface area contributed by atoms with Gasteiger partial charge in [-0.25, -0.2) is 4.79 Å². The van der Waals surface area contributed by atoms with Gasteiger partial charge in [-0.15, -0.1) is 6.58 Å². The number of phenols is 1. The summed E-state index contributed by atoms with van der Waals surface area (Å²) in [6, 6.07) is 10.8. The number of aliphatic imine (C=N–C) groups is 1. The first-order chi connectivity index (χ1) is 15.5. The Hall–Kier alpha value is -3.87. The van der Waals surface area contributed by atoms with E-state index in [2.05, 4.69) is 16.9 Å². The Morgan fingerprint density at radius 1 is 1.19 bits per heavy atom. The van der Waals surface area contributed by atoms with E-state index in [0.717, 1.165) is 11.1 Å². The molecule has 0 radical (unpaired) electrons. The molecule has 0 aromatic heterocycles. The molecule has 1 atom stereocenters. The van der Waals surface area contributed by atoms with E-state index in [9.17, 15) is 14.7 Å². The highest BCUT2D eigenvalue weighted by Gasteiger charge is 2.26. The topological polar surface area (TPSA) is 97.2 Å². The van der Waals surface area contributed by atoms with Gasteiger partial charge in [0.25, 0.3) is 0 Å². The van der Waals surface area contributed by atoms with Crippen LogP contribution in [0.4, 0.5) is 0 Å². The summed E-state index contributed by atoms with van der Waals surface area (Å²) < 4.78 is 11.0. The predicted molar refractivity (Wildman–Crippen MR) is 122 cm³/mol. The van der Waals surface area contributed by atoms with Gasteiger partial charge in [-0.3, -0.25) is 9.79 Å². The van der Waals surface area contributed by atoms with E-state index in [4.69, 9.17) is 9.47 Å². The molecule has 2 aromatic rings. The Morgan fingerprint density at radius 2 is 1.94 bits per heavy atom. The number of carbonyl (C=O) groups excluding carboxylic acids is 2. The maximum absolute atomic E-state index is 13.1. The minimum absolute atomic E-state index is 0.117. The fraction of sp³-hybridized carbons (Fsp3) is 0.240. The number of carbonyl (C=O) groups is 2. The van der Waals surface area contributed by atoms with Crippen LogP contribution in [0.3, 0.4) is 0 Å². The number of allylic oxidation sites excluding steroid dienone is 1. The number of nitrogens with one attached hydrogen (secondary N) is 1. The standard InChI is InChI=1S/C25H26N2O5/c1-3-5-17-9-12-22(23(15-17)31-2)32-25(30)21(14-18-7-10-20(28)11-8-18)27-24(29)19-6-4-13-26-16-19/h3,7-13,15-16,21,28H,1,4-6,14H2,2H3,(H,27,29). The van der Waals surface area contributed by atoms with Crippen molar-refractivity contribution in [2.45, 2.75) is 31.7 Å². The Morgan fingerprint density at radius 3 is 2.59 bits per heavy atom. The molecule has 3 rings (SSSR count). The normalized spacial score (nSPS) is 13.6.